The first-order chi connectivity index (χ1) is 19.5. The number of nitrogens with one attached hydrogen (secondary N) is 2. The van der Waals surface area contributed by atoms with Crippen molar-refractivity contribution < 1.29 is 36.7 Å². The lowest BCUT2D eigenvalue weighted by Crippen LogP contribution is -2.61. The summed E-state index contributed by atoms with van der Waals surface area (Å²) in [6, 6.07) is 9.35. The fourth-order valence-electron chi connectivity index (χ4n) is 5.60. The number of likely N-dealkylation sites (tertiary alicyclic amines) is 1. The van der Waals surface area contributed by atoms with E-state index in [-0.39, 0.29) is 25.3 Å². The molecule has 0 aromatic heterocycles. The van der Waals surface area contributed by atoms with Crippen molar-refractivity contribution in [1.82, 2.24) is 15.1 Å². The van der Waals surface area contributed by atoms with Crippen molar-refractivity contribution in [3.05, 3.63) is 65.5 Å². The monoisotopic (exact) mass is 591 g/mol. The third-order valence-corrected chi connectivity index (χ3v) is 7.87. The number of nitrogens with two attached hydrogens (primary N) is 1. The quantitative estimate of drug-likeness (QED) is 0.446. The van der Waals surface area contributed by atoms with Gasteiger partial charge in [0.25, 0.3) is 0 Å². The summed E-state index contributed by atoms with van der Waals surface area (Å²) in [6.45, 7) is 4.31. The Kier molecular flexibility index (Phi) is 8.11. The number of anilines is 1. The van der Waals surface area contributed by atoms with E-state index in [0.717, 1.165) is 4.90 Å². The van der Waals surface area contributed by atoms with E-state index in [4.69, 9.17) is 5.73 Å². The minimum atomic E-state index is -5.24. The van der Waals surface area contributed by atoms with Crippen molar-refractivity contribution in [2.75, 3.05) is 18.9 Å². The summed E-state index contributed by atoms with van der Waals surface area (Å²) >= 11 is 0. The predicted octanol–water partition coefficient (Wildman–Crippen LogP) is 2.70. The van der Waals surface area contributed by atoms with Crippen LogP contribution in [-0.2, 0) is 31.0 Å². The summed E-state index contributed by atoms with van der Waals surface area (Å²) in [5.74, 6) is -4.85. The Morgan fingerprint density at radius 2 is 1.81 bits per heavy atom. The van der Waals surface area contributed by atoms with Crippen LogP contribution in [0.5, 0.6) is 0 Å². The van der Waals surface area contributed by atoms with Gasteiger partial charge in [0, 0.05) is 32.1 Å². The van der Waals surface area contributed by atoms with Gasteiger partial charge in [0.2, 0.25) is 17.7 Å². The smallest absolute Gasteiger partial charge is 0.336 e. The second-order valence-corrected chi connectivity index (χ2v) is 11.9. The van der Waals surface area contributed by atoms with Crippen LogP contribution in [0.15, 0.2) is 48.5 Å². The van der Waals surface area contributed by atoms with Gasteiger partial charge in [-0.05, 0) is 34.7 Å². The molecule has 4 N–H and O–H groups in total. The molecule has 1 saturated heterocycles. The van der Waals surface area contributed by atoms with Crippen LogP contribution in [0.2, 0.25) is 0 Å². The number of likely N-dealkylation sites (N-methyl/N-ethyl adjacent to an activating group) is 1. The SMILES string of the molecule is CN(C(=O)[C@@H](NC(=O)C(F)(F)F)C(C)(C)C)[C@@H](Cc1cccc(F)c1)C(=O)N1C[C@]2(C[C@H]1N)C(=O)Nc1ccccc12. The summed E-state index contributed by atoms with van der Waals surface area (Å²) in [5.41, 5.74) is 5.71. The minimum absolute atomic E-state index is 0.0954. The summed E-state index contributed by atoms with van der Waals surface area (Å²) in [4.78, 5) is 55.1. The molecule has 4 atom stereocenters. The van der Waals surface area contributed by atoms with E-state index in [2.05, 4.69) is 5.32 Å². The number of benzene rings is 2. The van der Waals surface area contributed by atoms with Gasteiger partial charge in [0.15, 0.2) is 0 Å². The zero-order chi connectivity index (χ0) is 31.2. The number of amides is 4. The van der Waals surface area contributed by atoms with E-state index < -0.39 is 58.8 Å². The maximum atomic E-state index is 14.2. The average Bonchev–Trinajstić information content (AvgIpc) is 3.39. The molecule has 2 aliphatic rings. The number of carbonyl (C=O) groups excluding carboxylic acids is 4. The Balaban J connectivity index is 1.69. The van der Waals surface area contributed by atoms with E-state index in [0.29, 0.717) is 16.8 Å². The second-order valence-electron chi connectivity index (χ2n) is 11.9. The summed E-state index contributed by atoms with van der Waals surface area (Å²) < 4.78 is 53.4. The van der Waals surface area contributed by atoms with Crippen LogP contribution >= 0.6 is 0 Å². The molecule has 2 aromatic carbocycles. The van der Waals surface area contributed by atoms with E-state index in [9.17, 15) is 36.7 Å². The standard InChI is InChI=1S/C29H33F4N5O4/c1-27(2,3)22(36-26(42)29(31,32)33)24(40)37(4)20(13-16-8-7-9-17(30)12-16)23(39)38-15-28(14-21(38)34)18-10-5-6-11-19(18)35-25(28)41/h5-12,20-22H,13-15,34H2,1-4H3,(H,35,41)(H,36,42)/t20-,21-,22+,28-/m0/s1. The van der Waals surface area contributed by atoms with Gasteiger partial charge in [-0.15, -0.1) is 0 Å². The van der Waals surface area contributed by atoms with E-state index in [1.165, 1.54) is 50.9 Å². The van der Waals surface area contributed by atoms with Crippen LogP contribution in [0.4, 0.5) is 23.2 Å². The summed E-state index contributed by atoms with van der Waals surface area (Å²) in [7, 11) is 1.23. The number of rotatable bonds is 6. The molecule has 4 rings (SSSR count). The molecule has 0 aliphatic carbocycles. The highest BCUT2D eigenvalue weighted by Crippen LogP contribution is 2.45. The largest absolute Gasteiger partial charge is 0.471 e. The Hall–Kier alpha value is -4.00. The lowest BCUT2D eigenvalue weighted by atomic mass is 9.80. The highest BCUT2D eigenvalue weighted by atomic mass is 19.4. The Morgan fingerprint density at radius 1 is 1.14 bits per heavy atom. The van der Waals surface area contributed by atoms with E-state index >= 15 is 0 Å². The van der Waals surface area contributed by atoms with Gasteiger partial charge in [-0.25, -0.2) is 4.39 Å². The molecule has 2 heterocycles. The number of halogens is 4. The van der Waals surface area contributed by atoms with Gasteiger partial charge in [0.1, 0.15) is 17.9 Å². The first kappa shape index (κ1) is 30.9. The number of para-hydroxylation sites is 1. The lowest BCUT2D eigenvalue weighted by molar-refractivity contribution is -0.176. The third kappa shape index (κ3) is 5.83. The highest BCUT2D eigenvalue weighted by Gasteiger charge is 2.56. The summed E-state index contributed by atoms with van der Waals surface area (Å²) in [6.07, 6.45) is -6.29. The van der Waals surface area contributed by atoms with Gasteiger partial charge in [-0.2, -0.15) is 13.2 Å². The number of nitrogens with zero attached hydrogens (tertiary/aromatic N) is 2. The van der Waals surface area contributed by atoms with E-state index in [1.807, 2.05) is 0 Å². The number of hydrogen-bond acceptors (Lipinski definition) is 5. The maximum Gasteiger partial charge on any atom is 0.471 e. The van der Waals surface area contributed by atoms with Crippen molar-refractivity contribution in [3.8, 4) is 0 Å². The number of hydrogen-bond donors (Lipinski definition) is 3. The minimum Gasteiger partial charge on any atom is -0.336 e. The van der Waals surface area contributed by atoms with Gasteiger partial charge < -0.3 is 26.2 Å². The topological polar surface area (TPSA) is 125 Å². The molecule has 9 nitrogen and oxygen atoms in total. The fourth-order valence-corrected chi connectivity index (χ4v) is 5.60. The van der Waals surface area contributed by atoms with Crippen LogP contribution in [0.25, 0.3) is 0 Å². The molecule has 0 saturated carbocycles. The molecule has 4 amide bonds. The lowest BCUT2D eigenvalue weighted by Gasteiger charge is -2.38. The van der Waals surface area contributed by atoms with Crippen LogP contribution in [-0.4, -0.2) is 71.4 Å². The van der Waals surface area contributed by atoms with Crippen LogP contribution < -0.4 is 16.4 Å². The average molecular weight is 592 g/mol. The first-order valence-corrected chi connectivity index (χ1v) is 13.3. The molecule has 226 valence electrons. The molecule has 2 aromatic rings. The molecule has 0 unspecified atom stereocenters. The molecule has 1 fully saturated rings. The fraction of sp³-hybridized carbons (Fsp3) is 0.448. The van der Waals surface area contributed by atoms with Crippen molar-refractivity contribution in [2.45, 2.75) is 63.5 Å². The molecular weight excluding hydrogens is 558 g/mol. The normalized spacial score (nSPS) is 21.5. The zero-order valence-electron chi connectivity index (χ0n) is 23.6. The molecule has 42 heavy (non-hydrogen) atoms. The van der Waals surface area contributed by atoms with Crippen LogP contribution in [0, 0.1) is 11.2 Å². The molecule has 0 radical (unpaired) electrons. The number of alkyl halides is 3. The van der Waals surface area contributed by atoms with Crippen molar-refractivity contribution in [2.24, 2.45) is 11.1 Å². The number of fused-ring (bicyclic) bond motifs is 2. The zero-order valence-corrected chi connectivity index (χ0v) is 23.6. The Bertz CT molecular complexity index is 1410. The van der Waals surface area contributed by atoms with Crippen LogP contribution in [0.3, 0.4) is 0 Å². The third-order valence-electron chi connectivity index (χ3n) is 7.87. The van der Waals surface area contributed by atoms with Crippen molar-refractivity contribution in [1.29, 1.82) is 0 Å². The van der Waals surface area contributed by atoms with E-state index in [1.54, 1.807) is 35.6 Å². The van der Waals surface area contributed by atoms with Gasteiger partial charge in [0.05, 0.1) is 11.6 Å². The van der Waals surface area contributed by atoms with Crippen molar-refractivity contribution in [3.63, 3.8) is 0 Å². The first-order valence-electron chi connectivity index (χ1n) is 13.3. The Labute approximate surface area is 240 Å². The maximum absolute atomic E-state index is 14.2. The molecule has 0 bridgehead atoms. The van der Waals surface area contributed by atoms with Crippen LogP contribution in [0.1, 0.15) is 38.3 Å². The molecule has 13 heteroatoms. The van der Waals surface area contributed by atoms with Gasteiger partial charge in [-0.1, -0.05) is 51.1 Å². The second kappa shape index (κ2) is 11.0. The van der Waals surface area contributed by atoms with Gasteiger partial charge in [-0.3, -0.25) is 19.2 Å². The highest BCUT2D eigenvalue weighted by molar-refractivity contribution is 6.07. The molecule has 1 spiro atoms. The Morgan fingerprint density at radius 3 is 2.43 bits per heavy atom. The summed E-state index contributed by atoms with van der Waals surface area (Å²) in [5, 5.41) is 4.58. The molecular formula is C29H33F4N5O4. The predicted molar refractivity (Wildman–Crippen MR) is 145 cm³/mol. The van der Waals surface area contributed by atoms with Crippen molar-refractivity contribution >= 4 is 29.3 Å². The molecule has 2 aliphatic heterocycles. The number of carbonyl (C=O) groups is 4. The van der Waals surface area contributed by atoms with Gasteiger partial charge >= 0.3 is 12.1 Å².